The number of benzene rings is 1. The first-order valence-corrected chi connectivity index (χ1v) is 6.68. The molecule has 21 heavy (non-hydrogen) atoms. The summed E-state index contributed by atoms with van der Waals surface area (Å²) in [7, 11) is 0. The molecule has 0 saturated carbocycles. The van der Waals surface area contributed by atoms with Crippen molar-refractivity contribution in [2.45, 2.75) is 13.1 Å². The summed E-state index contributed by atoms with van der Waals surface area (Å²) in [5.41, 5.74) is 7.70. The van der Waals surface area contributed by atoms with Crippen LogP contribution in [0.5, 0.6) is 0 Å². The van der Waals surface area contributed by atoms with Crippen molar-refractivity contribution in [1.29, 1.82) is 0 Å². The van der Waals surface area contributed by atoms with Gasteiger partial charge in [-0.15, -0.1) is 0 Å². The number of rotatable bonds is 5. The van der Waals surface area contributed by atoms with Gasteiger partial charge in [-0.25, -0.2) is 0 Å². The van der Waals surface area contributed by atoms with Crippen molar-refractivity contribution in [3.63, 3.8) is 0 Å². The molecule has 5 nitrogen and oxygen atoms in total. The summed E-state index contributed by atoms with van der Waals surface area (Å²) in [4.78, 5) is 11.0. The molecule has 1 radical (unpaired) electrons. The van der Waals surface area contributed by atoms with E-state index in [2.05, 4.69) is 40.1 Å². The molecule has 2 heterocycles. The molecule has 1 amide bonds. The Morgan fingerprint density at radius 1 is 1.14 bits per heavy atom. The van der Waals surface area contributed by atoms with Gasteiger partial charge >= 0.3 is 0 Å². The van der Waals surface area contributed by atoms with Crippen molar-refractivity contribution in [2.24, 2.45) is 5.73 Å². The predicted molar refractivity (Wildman–Crippen MR) is 79.4 cm³/mol. The normalized spacial score (nSPS) is 10.7. The van der Waals surface area contributed by atoms with Crippen LogP contribution in [0.15, 0.2) is 55.0 Å². The van der Waals surface area contributed by atoms with Crippen molar-refractivity contribution >= 4 is 5.91 Å². The third kappa shape index (κ3) is 3.02. The average Bonchev–Trinajstić information content (AvgIpc) is 3.15. The molecule has 2 aromatic heterocycles. The third-order valence-corrected chi connectivity index (χ3v) is 3.26. The number of hydrogen-bond donors (Lipinski definition) is 1. The number of nitrogens with two attached hydrogens (primary N) is 1. The maximum atomic E-state index is 11.0. The molecular weight excluding hydrogens is 264 g/mol. The van der Waals surface area contributed by atoms with Crippen molar-refractivity contribution in [1.82, 2.24) is 14.3 Å². The summed E-state index contributed by atoms with van der Waals surface area (Å²) in [6.45, 7) is 1.42. The number of amides is 1. The second kappa shape index (κ2) is 5.66. The fourth-order valence-electron chi connectivity index (χ4n) is 2.16. The van der Waals surface area contributed by atoms with E-state index in [4.69, 9.17) is 5.73 Å². The van der Waals surface area contributed by atoms with Crippen LogP contribution in [0.3, 0.4) is 0 Å². The standard InChI is InChI=1S/C16H15N4O/c17-16(21)15-7-9-20(18-15)11-10-19-8-6-14(12-19)13-4-2-1-3-5-13/h1-6,8-9,12H,10-11H2,(H2,17,21). The van der Waals surface area contributed by atoms with Crippen LogP contribution in [-0.2, 0) is 13.1 Å². The first-order valence-electron chi connectivity index (χ1n) is 6.68. The number of carbonyl (C=O) groups excluding carboxylic acids is 1. The number of hydrogen-bond acceptors (Lipinski definition) is 2. The molecule has 0 fully saturated rings. The highest BCUT2D eigenvalue weighted by atomic mass is 16.1. The smallest absolute Gasteiger partial charge is 0.269 e. The Kier molecular flexibility index (Phi) is 3.55. The van der Waals surface area contributed by atoms with E-state index in [1.807, 2.05) is 24.4 Å². The maximum Gasteiger partial charge on any atom is 0.269 e. The summed E-state index contributed by atoms with van der Waals surface area (Å²) < 4.78 is 3.76. The van der Waals surface area contributed by atoms with Crippen LogP contribution in [0.2, 0.25) is 0 Å². The van der Waals surface area contributed by atoms with Gasteiger partial charge in [0.1, 0.15) is 0 Å². The minimum Gasteiger partial charge on any atom is -0.364 e. The quantitative estimate of drug-likeness (QED) is 0.775. The Bertz CT molecular complexity index is 742. The second-order valence-corrected chi connectivity index (χ2v) is 4.75. The van der Waals surface area contributed by atoms with Gasteiger partial charge < -0.3 is 10.3 Å². The van der Waals surface area contributed by atoms with E-state index in [-0.39, 0.29) is 5.69 Å². The van der Waals surface area contributed by atoms with Crippen LogP contribution in [0.4, 0.5) is 0 Å². The van der Waals surface area contributed by atoms with Gasteiger partial charge in [-0.05, 0) is 17.2 Å². The second-order valence-electron chi connectivity index (χ2n) is 4.75. The molecule has 3 rings (SSSR count). The van der Waals surface area contributed by atoms with E-state index >= 15 is 0 Å². The third-order valence-electron chi connectivity index (χ3n) is 3.26. The molecule has 3 aromatic rings. The maximum absolute atomic E-state index is 11.0. The van der Waals surface area contributed by atoms with E-state index in [9.17, 15) is 4.79 Å². The zero-order chi connectivity index (χ0) is 14.7. The minimum atomic E-state index is -0.555. The molecule has 0 aliphatic carbocycles. The lowest BCUT2D eigenvalue weighted by Gasteiger charge is -2.03. The van der Waals surface area contributed by atoms with E-state index in [0.717, 1.165) is 6.54 Å². The molecule has 1 aromatic carbocycles. The number of primary amides is 1. The molecule has 0 unspecified atom stereocenters. The Morgan fingerprint density at radius 3 is 2.67 bits per heavy atom. The summed E-state index contributed by atoms with van der Waals surface area (Å²) in [5, 5.41) is 4.06. The molecular formula is C16H15N4O. The van der Waals surface area contributed by atoms with E-state index in [0.29, 0.717) is 6.54 Å². The SMILES string of the molecule is NC(=O)c1[c]cn(CCn2ccc(-c3ccccc3)c2)n1. The number of nitrogens with zero attached hydrogens (tertiary/aromatic N) is 3. The lowest BCUT2D eigenvalue weighted by atomic mass is 10.1. The Balaban J connectivity index is 1.66. The summed E-state index contributed by atoms with van der Waals surface area (Å²) in [6.07, 6.45) is 5.77. The van der Waals surface area contributed by atoms with Crippen LogP contribution in [0.1, 0.15) is 10.5 Å². The molecule has 0 aliphatic heterocycles. The predicted octanol–water partition coefficient (Wildman–Crippen LogP) is 1.95. The van der Waals surface area contributed by atoms with E-state index < -0.39 is 5.91 Å². The van der Waals surface area contributed by atoms with Crippen molar-refractivity contribution in [2.75, 3.05) is 0 Å². The molecule has 105 valence electrons. The Hall–Kier alpha value is -2.82. The lowest BCUT2D eigenvalue weighted by molar-refractivity contribution is 0.0994. The molecule has 5 heteroatoms. The van der Waals surface area contributed by atoms with Crippen LogP contribution in [-0.4, -0.2) is 20.3 Å². The Morgan fingerprint density at radius 2 is 1.95 bits per heavy atom. The fraction of sp³-hybridized carbons (Fsp3) is 0.125. The van der Waals surface area contributed by atoms with Gasteiger partial charge in [-0.1, -0.05) is 30.3 Å². The molecule has 2 N–H and O–H groups in total. The van der Waals surface area contributed by atoms with Crippen LogP contribution in [0.25, 0.3) is 11.1 Å². The average molecular weight is 279 g/mol. The highest BCUT2D eigenvalue weighted by Gasteiger charge is 2.05. The van der Waals surface area contributed by atoms with Crippen molar-refractivity contribution in [3.05, 3.63) is 66.7 Å². The monoisotopic (exact) mass is 279 g/mol. The van der Waals surface area contributed by atoms with Crippen LogP contribution < -0.4 is 5.73 Å². The number of aromatic nitrogens is 3. The first-order chi connectivity index (χ1) is 10.2. The summed E-state index contributed by atoms with van der Waals surface area (Å²) >= 11 is 0. The molecule has 0 spiro atoms. The minimum absolute atomic E-state index is 0.174. The van der Waals surface area contributed by atoms with Gasteiger partial charge in [0.05, 0.1) is 6.54 Å². The summed E-state index contributed by atoms with van der Waals surface area (Å²) in [5.74, 6) is -0.555. The van der Waals surface area contributed by atoms with E-state index in [1.165, 1.54) is 11.1 Å². The lowest BCUT2D eigenvalue weighted by Crippen LogP contribution is -2.13. The van der Waals surface area contributed by atoms with Crippen LogP contribution >= 0.6 is 0 Å². The van der Waals surface area contributed by atoms with Crippen molar-refractivity contribution in [3.8, 4) is 11.1 Å². The molecule has 0 aliphatic rings. The zero-order valence-corrected chi connectivity index (χ0v) is 11.4. The molecule has 0 atom stereocenters. The van der Waals surface area contributed by atoms with Crippen LogP contribution in [0, 0.1) is 6.07 Å². The van der Waals surface area contributed by atoms with Gasteiger partial charge in [0.15, 0.2) is 5.69 Å². The number of aryl methyl sites for hydroxylation is 2. The molecule has 0 bridgehead atoms. The van der Waals surface area contributed by atoms with Crippen molar-refractivity contribution < 1.29 is 4.79 Å². The largest absolute Gasteiger partial charge is 0.364 e. The van der Waals surface area contributed by atoms with Gasteiger partial charge in [0.2, 0.25) is 0 Å². The highest BCUT2D eigenvalue weighted by Crippen LogP contribution is 2.18. The van der Waals surface area contributed by atoms with E-state index in [1.54, 1.807) is 10.9 Å². The molecule has 0 saturated heterocycles. The Labute approximate surface area is 122 Å². The highest BCUT2D eigenvalue weighted by molar-refractivity contribution is 5.90. The fourth-order valence-corrected chi connectivity index (χ4v) is 2.16. The van der Waals surface area contributed by atoms with Gasteiger partial charge in [-0.3, -0.25) is 9.48 Å². The van der Waals surface area contributed by atoms with Gasteiger partial charge in [0.25, 0.3) is 5.91 Å². The summed E-state index contributed by atoms with van der Waals surface area (Å²) in [6, 6.07) is 15.0. The number of carbonyl (C=O) groups is 1. The zero-order valence-electron chi connectivity index (χ0n) is 11.4. The van der Waals surface area contributed by atoms with Gasteiger partial charge in [-0.2, -0.15) is 5.10 Å². The van der Waals surface area contributed by atoms with Gasteiger partial charge in [0, 0.05) is 31.2 Å². The topological polar surface area (TPSA) is 65.8 Å². The first kappa shape index (κ1) is 13.2.